The number of aromatic nitrogens is 1. The number of ether oxygens (including phenoxy) is 1. The second kappa shape index (κ2) is 6.89. The van der Waals surface area contributed by atoms with E-state index in [1.165, 1.54) is 11.1 Å². The number of pyridine rings is 1. The third kappa shape index (κ3) is 3.60. The van der Waals surface area contributed by atoms with Crippen molar-refractivity contribution >= 4 is 0 Å². The van der Waals surface area contributed by atoms with Gasteiger partial charge in [0.2, 0.25) is 5.88 Å². The summed E-state index contributed by atoms with van der Waals surface area (Å²) < 4.78 is 6.08. The zero-order valence-corrected chi connectivity index (χ0v) is 13.1. The van der Waals surface area contributed by atoms with E-state index < -0.39 is 0 Å². The van der Waals surface area contributed by atoms with Gasteiger partial charge in [-0.3, -0.25) is 0 Å². The molecule has 1 aromatic rings. The maximum Gasteiger partial charge on any atom is 0.218 e. The summed E-state index contributed by atoms with van der Waals surface area (Å²) in [6.45, 7) is 8.02. The average molecular weight is 274 g/mol. The van der Waals surface area contributed by atoms with Crippen molar-refractivity contribution in [2.45, 2.75) is 40.2 Å². The highest BCUT2D eigenvalue weighted by molar-refractivity contribution is 5.35. The van der Waals surface area contributed by atoms with Crippen LogP contribution in [0.5, 0.6) is 5.88 Å². The van der Waals surface area contributed by atoms with Crippen molar-refractivity contribution < 1.29 is 4.74 Å². The number of hydrogen-bond donors (Lipinski definition) is 1. The lowest BCUT2D eigenvalue weighted by atomic mass is 9.85. The Hall–Kier alpha value is -1.35. The minimum atomic E-state index is 0.602. The molecule has 0 spiro atoms. The van der Waals surface area contributed by atoms with Crippen molar-refractivity contribution in [1.29, 1.82) is 0 Å². The summed E-state index contributed by atoms with van der Waals surface area (Å²) in [6.07, 6.45) is 6.84. The van der Waals surface area contributed by atoms with Crippen molar-refractivity contribution in [1.82, 2.24) is 10.3 Å². The molecule has 0 saturated heterocycles. The minimum Gasteiger partial charge on any atom is -0.477 e. The summed E-state index contributed by atoms with van der Waals surface area (Å²) in [7, 11) is 1.96. The molecular formula is C17H26N2O. The van der Waals surface area contributed by atoms with Gasteiger partial charge in [0.25, 0.3) is 0 Å². The van der Waals surface area contributed by atoms with Crippen LogP contribution in [0.15, 0.2) is 18.2 Å². The number of rotatable bonds is 5. The summed E-state index contributed by atoms with van der Waals surface area (Å²) in [5.41, 5.74) is 3.45. The van der Waals surface area contributed by atoms with E-state index in [4.69, 9.17) is 4.74 Å². The van der Waals surface area contributed by atoms with E-state index in [9.17, 15) is 0 Å². The van der Waals surface area contributed by atoms with Crippen LogP contribution in [0.3, 0.4) is 0 Å². The van der Waals surface area contributed by atoms with Crippen LogP contribution in [0.25, 0.3) is 0 Å². The van der Waals surface area contributed by atoms with Gasteiger partial charge in [0.15, 0.2) is 0 Å². The van der Waals surface area contributed by atoms with Gasteiger partial charge in [0.1, 0.15) is 0 Å². The fourth-order valence-electron chi connectivity index (χ4n) is 2.77. The van der Waals surface area contributed by atoms with Gasteiger partial charge in [-0.1, -0.05) is 19.1 Å². The van der Waals surface area contributed by atoms with Gasteiger partial charge >= 0.3 is 0 Å². The number of aryl methyl sites for hydroxylation is 2. The quantitative estimate of drug-likeness (QED) is 0.836. The molecule has 0 saturated carbocycles. The molecule has 1 aliphatic carbocycles. The van der Waals surface area contributed by atoms with Crippen LogP contribution in [0, 0.1) is 25.7 Å². The van der Waals surface area contributed by atoms with Crippen LogP contribution in [0.1, 0.15) is 36.6 Å². The highest BCUT2D eigenvalue weighted by atomic mass is 16.5. The molecule has 0 fully saturated rings. The Morgan fingerprint density at radius 1 is 1.30 bits per heavy atom. The van der Waals surface area contributed by atoms with Crippen LogP contribution >= 0.6 is 0 Å². The Kier molecular flexibility index (Phi) is 5.18. The Morgan fingerprint density at radius 2 is 2.05 bits per heavy atom. The molecule has 0 bridgehead atoms. The van der Waals surface area contributed by atoms with E-state index in [-0.39, 0.29) is 0 Å². The van der Waals surface area contributed by atoms with E-state index in [0.29, 0.717) is 11.8 Å². The summed E-state index contributed by atoms with van der Waals surface area (Å²) in [4.78, 5) is 4.58. The van der Waals surface area contributed by atoms with E-state index in [1.807, 2.05) is 14.0 Å². The first-order valence-corrected chi connectivity index (χ1v) is 7.51. The van der Waals surface area contributed by atoms with E-state index in [1.54, 1.807) is 0 Å². The van der Waals surface area contributed by atoms with Crippen LogP contribution in [0.4, 0.5) is 0 Å². The fourth-order valence-corrected chi connectivity index (χ4v) is 2.77. The zero-order chi connectivity index (χ0) is 14.5. The third-order valence-corrected chi connectivity index (χ3v) is 4.14. The van der Waals surface area contributed by atoms with Crippen molar-refractivity contribution in [3.63, 3.8) is 0 Å². The first-order chi connectivity index (χ1) is 9.61. The molecule has 0 radical (unpaired) electrons. The Balaban J connectivity index is 2.10. The molecule has 110 valence electrons. The Labute approximate surface area is 122 Å². The molecule has 2 atom stereocenters. The van der Waals surface area contributed by atoms with Crippen LogP contribution < -0.4 is 10.1 Å². The fraction of sp³-hybridized carbons (Fsp3) is 0.588. The second-order valence-electron chi connectivity index (χ2n) is 5.89. The summed E-state index contributed by atoms with van der Waals surface area (Å²) >= 11 is 0. The first kappa shape index (κ1) is 15.0. The third-order valence-electron chi connectivity index (χ3n) is 4.14. The van der Waals surface area contributed by atoms with Crippen molar-refractivity contribution in [3.8, 4) is 5.88 Å². The van der Waals surface area contributed by atoms with Gasteiger partial charge in [-0.15, -0.1) is 0 Å². The number of allylic oxidation sites excluding steroid dienone is 2. The lowest BCUT2D eigenvalue weighted by molar-refractivity contribution is 0.191. The van der Waals surface area contributed by atoms with E-state index in [2.05, 4.69) is 42.4 Å². The largest absolute Gasteiger partial charge is 0.477 e. The smallest absolute Gasteiger partial charge is 0.218 e. The predicted octanol–water partition coefficient (Wildman–Crippen LogP) is 3.40. The summed E-state index contributed by atoms with van der Waals surface area (Å²) in [5, 5.41) is 3.20. The highest BCUT2D eigenvalue weighted by Crippen LogP contribution is 2.27. The minimum absolute atomic E-state index is 0.602. The molecule has 2 rings (SSSR count). The van der Waals surface area contributed by atoms with Crippen LogP contribution in [-0.2, 0) is 6.54 Å². The van der Waals surface area contributed by atoms with Gasteiger partial charge < -0.3 is 10.1 Å². The number of hydrogen-bond acceptors (Lipinski definition) is 3. The van der Waals surface area contributed by atoms with Crippen LogP contribution in [0.2, 0.25) is 0 Å². The molecule has 1 aromatic heterocycles. The summed E-state index contributed by atoms with van der Waals surface area (Å²) in [5.74, 6) is 2.10. The normalized spacial score (nSPS) is 22.0. The number of nitrogens with zero attached hydrogens (tertiary/aromatic N) is 1. The maximum atomic E-state index is 6.08. The van der Waals surface area contributed by atoms with Gasteiger partial charge in [0, 0.05) is 17.8 Å². The lowest BCUT2D eigenvalue weighted by Gasteiger charge is -2.25. The molecule has 1 aliphatic rings. The molecule has 3 nitrogen and oxygen atoms in total. The molecular weight excluding hydrogens is 248 g/mol. The topological polar surface area (TPSA) is 34.2 Å². The summed E-state index contributed by atoms with van der Waals surface area (Å²) in [6, 6.07) is 2.12. The zero-order valence-electron chi connectivity index (χ0n) is 13.1. The van der Waals surface area contributed by atoms with Crippen molar-refractivity contribution in [3.05, 3.63) is 35.0 Å². The second-order valence-corrected chi connectivity index (χ2v) is 5.89. The van der Waals surface area contributed by atoms with Crippen molar-refractivity contribution in [2.75, 3.05) is 13.7 Å². The number of nitrogens with one attached hydrogen (secondary N) is 1. The molecule has 0 aromatic carbocycles. The Morgan fingerprint density at radius 3 is 2.75 bits per heavy atom. The molecule has 3 heteroatoms. The molecule has 0 aliphatic heterocycles. The lowest BCUT2D eigenvalue weighted by Crippen LogP contribution is -2.22. The van der Waals surface area contributed by atoms with Crippen LogP contribution in [-0.4, -0.2) is 18.6 Å². The molecule has 20 heavy (non-hydrogen) atoms. The first-order valence-electron chi connectivity index (χ1n) is 7.51. The predicted molar refractivity (Wildman–Crippen MR) is 83.0 cm³/mol. The SMILES string of the molecule is CNCc1c(C)cc(C)nc1OCC1CC=CCC1C. The van der Waals surface area contributed by atoms with Gasteiger partial charge in [-0.2, -0.15) is 0 Å². The maximum absolute atomic E-state index is 6.08. The van der Waals surface area contributed by atoms with Gasteiger partial charge in [-0.25, -0.2) is 4.98 Å². The van der Waals surface area contributed by atoms with E-state index >= 15 is 0 Å². The van der Waals surface area contributed by atoms with Gasteiger partial charge in [0.05, 0.1) is 6.61 Å². The van der Waals surface area contributed by atoms with Crippen molar-refractivity contribution in [2.24, 2.45) is 11.8 Å². The van der Waals surface area contributed by atoms with E-state index in [0.717, 1.165) is 37.6 Å². The van der Waals surface area contributed by atoms with Gasteiger partial charge in [-0.05, 0) is 57.2 Å². The monoisotopic (exact) mass is 274 g/mol. The highest BCUT2D eigenvalue weighted by Gasteiger charge is 2.20. The molecule has 0 amide bonds. The molecule has 2 unspecified atom stereocenters. The Bertz CT molecular complexity index is 482. The average Bonchev–Trinajstić information content (AvgIpc) is 2.41. The molecule has 1 heterocycles. The standard InChI is InChI=1S/C17H26N2O/c1-12-7-5-6-8-15(12)11-20-17-16(10-18-4)13(2)9-14(3)19-17/h5-6,9,12,15,18H,7-8,10-11H2,1-4H3. The molecule has 1 N–H and O–H groups in total.